The highest BCUT2D eigenvalue weighted by Gasteiger charge is 2.28. The summed E-state index contributed by atoms with van der Waals surface area (Å²) in [6, 6.07) is 9.95. The van der Waals surface area contributed by atoms with Gasteiger partial charge in [0.05, 0.1) is 12.1 Å². The maximum atomic E-state index is 9.68. The van der Waals surface area contributed by atoms with E-state index in [-0.39, 0.29) is 6.61 Å². The van der Waals surface area contributed by atoms with E-state index in [1.165, 1.54) is 19.4 Å². The molecular weight excluding hydrogens is 236 g/mol. The largest absolute Gasteiger partial charge is 0.394 e. The summed E-state index contributed by atoms with van der Waals surface area (Å²) in [5.74, 6) is 0.901. The van der Waals surface area contributed by atoms with Crippen LogP contribution in [0.4, 0.5) is 0 Å². The van der Waals surface area contributed by atoms with Gasteiger partial charge in [-0.3, -0.25) is 0 Å². The summed E-state index contributed by atoms with van der Waals surface area (Å²) in [6.45, 7) is 5.40. The number of hydrogen-bond acceptors (Lipinski definition) is 3. The lowest BCUT2D eigenvalue weighted by Crippen LogP contribution is -2.44. The number of rotatable bonds is 8. The highest BCUT2D eigenvalue weighted by Crippen LogP contribution is 2.30. The molecule has 0 aliphatic heterocycles. The van der Waals surface area contributed by atoms with E-state index < -0.39 is 5.54 Å². The average molecular weight is 262 g/mol. The summed E-state index contributed by atoms with van der Waals surface area (Å²) in [7, 11) is 0. The summed E-state index contributed by atoms with van der Waals surface area (Å²) < 4.78 is 0. The van der Waals surface area contributed by atoms with E-state index in [9.17, 15) is 5.11 Å². The lowest BCUT2D eigenvalue weighted by molar-refractivity contribution is 0.163. The highest BCUT2D eigenvalue weighted by atomic mass is 16.3. The fraction of sp³-hybridized carbons (Fsp3) is 0.625. The van der Waals surface area contributed by atoms with Gasteiger partial charge >= 0.3 is 0 Å². The smallest absolute Gasteiger partial charge is 0.0656 e. The molecule has 3 heteroatoms. The average Bonchev–Trinajstić information content (AvgIpc) is 3.28. The van der Waals surface area contributed by atoms with Gasteiger partial charge in [-0.2, -0.15) is 0 Å². The zero-order chi connectivity index (χ0) is 13.7. The second-order valence-electron chi connectivity index (χ2n) is 5.77. The summed E-state index contributed by atoms with van der Waals surface area (Å²) >= 11 is 0. The minimum absolute atomic E-state index is 0.00199. The molecule has 1 unspecified atom stereocenters. The normalized spacial score (nSPS) is 18.5. The van der Waals surface area contributed by atoms with Crippen molar-refractivity contribution in [1.82, 2.24) is 4.90 Å². The van der Waals surface area contributed by atoms with Crippen molar-refractivity contribution in [3.8, 4) is 0 Å². The minimum Gasteiger partial charge on any atom is -0.394 e. The topological polar surface area (TPSA) is 49.5 Å². The second kappa shape index (κ2) is 6.51. The molecule has 1 aromatic carbocycles. The van der Waals surface area contributed by atoms with Crippen LogP contribution in [0.5, 0.6) is 0 Å². The Morgan fingerprint density at radius 2 is 2.00 bits per heavy atom. The summed E-state index contributed by atoms with van der Waals surface area (Å²) in [6.07, 6.45) is 3.56. The van der Waals surface area contributed by atoms with E-state index in [1.807, 2.05) is 30.3 Å². The van der Waals surface area contributed by atoms with Gasteiger partial charge in [0.15, 0.2) is 0 Å². The number of nitrogens with zero attached hydrogens (tertiary/aromatic N) is 1. The van der Waals surface area contributed by atoms with Crippen molar-refractivity contribution >= 4 is 0 Å². The van der Waals surface area contributed by atoms with E-state index in [0.29, 0.717) is 0 Å². The fourth-order valence-electron chi connectivity index (χ4n) is 2.49. The molecule has 0 aromatic heterocycles. The van der Waals surface area contributed by atoms with Crippen LogP contribution in [0.25, 0.3) is 0 Å². The first-order valence-electron chi connectivity index (χ1n) is 7.35. The van der Waals surface area contributed by atoms with Crippen LogP contribution in [0.2, 0.25) is 0 Å². The van der Waals surface area contributed by atoms with Gasteiger partial charge in [-0.25, -0.2) is 0 Å². The quantitative estimate of drug-likeness (QED) is 0.753. The van der Waals surface area contributed by atoms with Crippen LogP contribution in [-0.2, 0) is 5.54 Å². The molecule has 0 heterocycles. The monoisotopic (exact) mass is 262 g/mol. The molecule has 1 aliphatic carbocycles. The molecule has 1 aliphatic rings. The van der Waals surface area contributed by atoms with Crippen molar-refractivity contribution < 1.29 is 5.11 Å². The molecular formula is C16H26N2O. The SMILES string of the molecule is CCN(CCC(N)(CO)c1ccccc1)CC1CC1. The van der Waals surface area contributed by atoms with Crippen LogP contribution in [0.15, 0.2) is 30.3 Å². The van der Waals surface area contributed by atoms with Crippen LogP contribution < -0.4 is 5.73 Å². The number of nitrogens with two attached hydrogens (primary N) is 1. The van der Waals surface area contributed by atoms with Crippen LogP contribution in [-0.4, -0.2) is 36.2 Å². The Balaban J connectivity index is 1.93. The van der Waals surface area contributed by atoms with Gasteiger partial charge in [-0.15, -0.1) is 0 Å². The molecule has 106 valence electrons. The summed E-state index contributed by atoms with van der Waals surface area (Å²) in [5.41, 5.74) is 6.81. The van der Waals surface area contributed by atoms with Gasteiger partial charge in [0, 0.05) is 13.1 Å². The third kappa shape index (κ3) is 4.03. The maximum absolute atomic E-state index is 9.68. The van der Waals surface area contributed by atoms with Gasteiger partial charge in [-0.05, 0) is 37.3 Å². The van der Waals surface area contributed by atoms with Crippen LogP contribution in [0.3, 0.4) is 0 Å². The van der Waals surface area contributed by atoms with E-state index in [1.54, 1.807) is 0 Å². The molecule has 3 N–H and O–H groups in total. The van der Waals surface area contributed by atoms with Crippen LogP contribution in [0, 0.1) is 5.92 Å². The van der Waals surface area contributed by atoms with E-state index >= 15 is 0 Å². The van der Waals surface area contributed by atoms with Gasteiger partial charge in [-0.1, -0.05) is 37.3 Å². The first-order valence-corrected chi connectivity index (χ1v) is 7.35. The molecule has 0 saturated heterocycles. The molecule has 0 radical (unpaired) electrons. The Morgan fingerprint density at radius 1 is 1.32 bits per heavy atom. The molecule has 19 heavy (non-hydrogen) atoms. The van der Waals surface area contributed by atoms with E-state index in [0.717, 1.165) is 31.0 Å². The predicted molar refractivity (Wildman–Crippen MR) is 78.8 cm³/mol. The lowest BCUT2D eigenvalue weighted by Gasteiger charge is -2.31. The van der Waals surface area contributed by atoms with Crippen molar-refractivity contribution in [2.45, 2.75) is 31.7 Å². The third-order valence-electron chi connectivity index (χ3n) is 4.17. The number of benzene rings is 1. The van der Waals surface area contributed by atoms with Crippen LogP contribution >= 0.6 is 0 Å². The molecule has 1 fully saturated rings. The molecule has 1 aromatic rings. The zero-order valence-electron chi connectivity index (χ0n) is 11.9. The summed E-state index contributed by atoms with van der Waals surface area (Å²) in [5, 5.41) is 9.68. The lowest BCUT2D eigenvalue weighted by atomic mass is 9.88. The Bertz CT molecular complexity index is 378. The fourth-order valence-corrected chi connectivity index (χ4v) is 2.49. The van der Waals surface area contributed by atoms with Crippen LogP contribution in [0.1, 0.15) is 31.7 Å². The van der Waals surface area contributed by atoms with Gasteiger partial charge in [0.2, 0.25) is 0 Å². The minimum atomic E-state index is -0.613. The van der Waals surface area contributed by atoms with Crippen molar-refractivity contribution in [2.75, 3.05) is 26.2 Å². The summed E-state index contributed by atoms with van der Waals surface area (Å²) in [4.78, 5) is 2.46. The third-order valence-corrected chi connectivity index (χ3v) is 4.17. The van der Waals surface area contributed by atoms with Gasteiger partial charge < -0.3 is 15.7 Å². The molecule has 2 rings (SSSR count). The molecule has 0 bridgehead atoms. The van der Waals surface area contributed by atoms with Gasteiger partial charge in [0.25, 0.3) is 0 Å². The maximum Gasteiger partial charge on any atom is 0.0656 e. The number of hydrogen-bond donors (Lipinski definition) is 2. The second-order valence-corrected chi connectivity index (χ2v) is 5.77. The Hall–Kier alpha value is -0.900. The van der Waals surface area contributed by atoms with Crippen molar-refractivity contribution in [2.24, 2.45) is 11.7 Å². The number of aliphatic hydroxyl groups is 1. The Morgan fingerprint density at radius 3 is 2.53 bits per heavy atom. The zero-order valence-corrected chi connectivity index (χ0v) is 11.9. The van der Waals surface area contributed by atoms with Gasteiger partial charge in [0.1, 0.15) is 0 Å². The molecule has 1 atom stereocenters. The van der Waals surface area contributed by atoms with E-state index in [2.05, 4.69) is 11.8 Å². The molecule has 0 amide bonds. The molecule has 0 spiro atoms. The van der Waals surface area contributed by atoms with E-state index in [4.69, 9.17) is 5.73 Å². The highest BCUT2D eigenvalue weighted by molar-refractivity contribution is 5.24. The number of aliphatic hydroxyl groups excluding tert-OH is 1. The molecule has 1 saturated carbocycles. The van der Waals surface area contributed by atoms with Crippen molar-refractivity contribution in [3.05, 3.63) is 35.9 Å². The Labute approximate surface area is 116 Å². The van der Waals surface area contributed by atoms with Crippen molar-refractivity contribution in [1.29, 1.82) is 0 Å². The predicted octanol–water partition coefficient (Wildman–Crippen LogP) is 1.95. The first kappa shape index (κ1) is 14.5. The Kier molecular flexibility index (Phi) is 4.97. The first-order chi connectivity index (χ1) is 9.18. The van der Waals surface area contributed by atoms with Crippen molar-refractivity contribution in [3.63, 3.8) is 0 Å². The standard InChI is InChI=1S/C16H26N2O/c1-2-18(12-14-8-9-14)11-10-16(17,13-19)15-6-4-3-5-7-15/h3-7,14,19H,2,8-13,17H2,1H3. The molecule has 3 nitrogen and oxygen atoms in total.